The van der Waals surface area contributed by atoms with Crippen molar-refractivity contribution in [1.29, 1.82) is 0 Å². The van der Waals surface area contributed by atoms with Crippen LogP contribution < -0.4 is 10.1 Å². The molecular weight excluding hydrogens is 468 g/mol. The maximum Gasteiger partial charge on any atom is 0.250 e. The van der Waals surface area contributed by atoms with E-state index >= 15 is 0 Å². The van der Waals surface area contributed by atoms with E-state index in [2.05, 4.69) is 10.3 Å². The Morgan fingerprint density at radius 1 is 1.09 bits per heavy atom. The number of amides is 1. The first kappa shape index (κ1) is 21.9. The number of halogens is 1. The van der Waals surface area contributed by atoms with Crippen molar-refractivity contribution in [3.05, 3.63) is 95.7 Å². The number of thiazole rings is 1. The quantitative estimate of drug-likeness (QED) is 0.279. The van der Waals surface area contributed by atoms with Gasteiger partial charge in [0.05, 0.1) is 28.7 Å². The van der Waals surface area contributed by atoms with Crippen LogP contribution in [0.25, 0.3) is 33.2 Å². The van der Waals surface area contributed by atoms with E-state index in [4.69, 9.17) is 21.4 Å². The van der Waals surface area contributed by atoms with Crippen molar-refractivity contribution in [1.82, 2.24) is 14.8 Å². The van der Waals surface area contributed by atoms with Crippen LogP contribution in [-0.2, 0) is 4.79 Å². The zero-order chi connectivity index (χ0) is 23.5. The van der Waals surface area contributed by atoms with E-state index in [1.165, 1.54) is 17.4 Å². The predicted octanol–water partition coefficient (Wildman–Crippen LogP) is 6.46. The number of rotatable bonds is 6. The second-order valence-corrected chi connectivity index (χ2v) is 8.86. The number of hydrogen-bond donors (Lipinski definition) is 1. The summed E-state index contributed by atoms with van der Waals surface area (Å²) in [6.45, 7) is 0. The normalized spacial score (nSPS) is 11.2. The number of fused-ring (bicyclic) bond motifs is 1. The van der Waals surface area contributed by atoms with Gasteiger partial charge in [0, 0.05) is 28.4 Å². The molecule has 0 saturated carbocycles. The van der Waals surface area contributed by atoms with Gasteiger partial charge >= 0.3 is 0 Å². The molecule has 0 aliphatic rings. The minimum atomic E-state index is -0.277. The number of carbonyl (C=O) groups excluding carboxylic acids is 1. The average molecular weight is 487 g/mol. The van der Waals surface area contributed by atoms with Gasteiger partial charge in [-0.25, -0.2) is 9.67 Å². The molecular formula is C26H19ClN4O2S. The molecule has 168 valence electrons. The highest BCUT2D eigenvalue weighted by Crippen LogP contribution is 2.29. The molecule has 34 heavy (non-hydrogen) atoms. The van der Waals surface area contributed by atoms with Gasteiger partial charge in [0.2, 0.25) is 5.91 Å². The first-order valence-corrected chi connectivity index (χ1v) is 11.6. The fourth-order valence-electron chi connectivity index (χ4n) is 3.45. The summed E-state index contributed by atoms with van der Waals surface area (Å²) >= 11 is 7.46. The lowest BCUT2D eigenvalue weighted by atomic mass is 10.1. The van der Waals surface area contributed by atoms with Crippen molar-refractivity contribution >= 4 is 50.3 Å². The van der Waals surface area contributed by atoms with Gasteiger partial charge in [-0.3, -0.25) is 10.1 Å². The Morgan fingerprint density at radius 3 is 2.65 bits per heavy atom. The van der Waals surface area contributed by atoms with Gasteiger partial charge < -0.3 is 4.74 Å². The van der Waals surface area contributed by atoms with Gasteiger partial charge in [0.25, 0.3) is 0 Å². The number of aromatic nitrogens is 3. The highest BCUT2D eigenvalue weighted by Gasteiger charge is 2.12. The molecule has 0 aliphatic carbocycles. The summed E-state index contributed by atoms with van der Waals surface area (Å²) in [5.41, 5.74) is 4.18. The van der Waals surface area contributed by atoms with Crippen molar-refractivity contribution in [2.24, 2.45) is 0 Å². The van der Waals surface area contributed by atoms with E-state index in [0.29, 0.717) is 10.2 Å². The summed E-state index contributed by atoms with van der Waals surface area (Å²) < 4.78 is 7.99. The first-order valence-electron chi connectivity index (χ1n) is 10.4. The maximum absolute atomic E-state index is 12.7. The molecule has 2 aromatic heterocycles. The molecule has 0 fully saturated rings. The molecule has 1 N–H and O–H groups in total. The van der Waals surface area contributed by atoms with Crippen LogP contribution in [-0.4, -0.2) is 27.8 Å². The van der Waals surface area contributed by atoms with Gasteiger partial charge in [-0.1, -0.05) is 53.3 Å². The molecule has 8 heteroatoms. The molecule has 0 bridgehead atoms. The number of benzene rings is 3. The van der Waals surface area contributed by atoms with Gasteiger partial charge in [-0.05, 0) is 48.5 Å². The lowest BCUT2D eigenvalue weighted by Crippen LogP contribution is -2.07. The average Bonchev–Trinajstić information content (AvgIpc) is 3.47. The van der Waals surface area contributed by atoms with Gasteiger partial charge in [0.15, 0.2) is 5.13 Å². The number of nitrogens with zero attached hydrogens (tertiary/aromatic N) is 3. The van der Waals surface area contributed by atoms with Crippen molar-refractivity contribution in [3.63, 3.8) is 0 Å². The molecule has 5 aromatic rings. The Kier molecular flexibility index (Phi) is 6.12. The molecule has 0 aliphatic heterocycles. The Balaban J connectivity index is 1.42. The van der Waals surface area contributed by atoms with Crippen LogP contribution in [0.15, 0.2) is 85.1 Å². The Bertz CT molecular complexity index is 1490. The molecule has 0 radical (unpaired) electrons. The molecule has 1 amide bonds. The van der Waals surface area contributed by atoms with Crippen LogP contribution in [0.2, 0.25) is 5.02 Å². The fourth-order valence-corrected chi connectivity index (χ4v) is 4.48. The number of carbonyl (C=O) groups is 1. The van der Waals surface area contributed by atoms with Crippen LogP contribution >= 0.6 is 22.9 Å². The molecule has 0 atom stereocenters. The maximum atomic E-state index is 12.7. The minimum Gasteiger partial charge on any atom is -0.497 e. The summed E-state index contributed by atoms with van der Waals surface area (Å²) in [6, 6.07) is 22.9. The third-order valence-corrected chi connectivity index (χ3v) is 6.31. The molecule has 0 spiro atoms. The van der Waals surface area contributed by atoms with Crippen molar-refractivity contribution in [2.75, 3.05) is 12.4 Å². The van der Waals surface area contributed by atoms with Gasteiger partial charge in [0.1, 0.15) is 5.75 Å². The van der Waals surface area contributed by atoms with Crippen LogP contribution in [0.1, 0.15) is 5.56 Å². The Morgan fingerprint density at radius 2 is 1.88 bits per heavy atom. The standard InChI is InChI=1S/C26H19ClN4O2S/c1-33-21-12-13-22-23(15-21)34-26(28-22)29-24(32)14-9-18-16-31(20-5-3-2-4-6-20)30-25(18)17-7-10-19(27)11-8-17/h2-16H,1H3,(H,28,29,32)/b14-9+. The van der Waals surface area contributed by atoms with E-state index in [-0.39, 0.29) is 5.91 Å². The van der Waals surface area contributed by atoms with E-state index < -0.39 is 0 Å². The van der Waals surface area contributed by atoms with E-state index in [0.717, 1.165) is 38.5 Å². The number of ether oxygens (including phenoxy) is 1. The van der Waals surface area contributed by atoms with Crippen molar-refractivity contribution < 1.29 is 9.53 Å². The highest BCUT2D eigenvalue weighted by atomic mass is 35.5. The fraction of sp³-hybridized carbons (Fsp3) is 0.0385. The summed E-state index contributed by atoms with van der Waals surface area (Å²) in [4.78, 5) is 17.1. The SMILES string of the molecule is COc1ccc2nc(NC(=O)/C=C/c3cn(-c4ccccc4)nc3-c3ccc(Cl)cc3)sc2c1. The number of nitrogens with one attached hydrogen (secondary N) is 1. The number of hydrogen-bond acceptors (Lipinski definition) is 5. The molecule has 0 saturated heterocycles. The largest absolute Gasteiger partial charge is 0.497 e. The van der Waals surface area contributed by atoms with E-state index in [1.54, 1.807) is 17.9 Å². The zero-order valence-corrected chi connectivity index (χ0v) is 19.7. The second-order valence-electron chi connectivity index (χ2n) is 7.40. The summed E-state index contributed by atoms with van der Waals surface area (Å²) in [6.07, 6.45) is 5.13. The van der Waals surface area contributed by atoms with E-state index in [1.807, 2.05) is 79.0 Å². The lowest BCUT2D eigenvalue weighted by Gasteiger charge is -2.01. The molecule has 3 aromatic carbocycles. The monoisotopic (exact) mass is 486 g/mol. The summed E-state index contributed by atoms with van der Waals surface area (Å²) in [7, 11) is 1.62. The van der Waals surface area contributed by atoms with Gasteiger partial charge in [-0.2, -0.15) is 5.10 Å². The summed E-state index contributed by atoms with van der Waals surface area (Å²) in [5.74, 6) is 0.472. The smallest absolute Gasteiger partial charge is 0.250 e. The summed E-state index contributed by atoms with van der Waals surface area (Å²) in [5, 5.41) is 8.77. The van der Waals surface area contributed by atoms with Crippen LogP contribution in [0.3, 0.4) is 0 Å². The second kappa shape index (κ2) is 9.51. The van der Waals surface area contributed by atoms with Crippen LogP contribution in [0, 0.1) is 0 Å². The number of methoxy groups -OCH3 is 1. The Hall–Kier alpha value is -3.94. The minimum absolute atomic E-state index is 0.277. The lowest BCUT2D eigenvalue weighted by molar-refractivity contribution is -0.111. The molecule has 5 rings (SSSR count). The molecule has 0 unspecified atom stereocenters. The predicted molar refractivity (Wildman–Crippen MR) is 138 cm³/mol. The van der Waals surface area contributed by atoms with Crippen molar-refractivity contribution in [2.45, 2.75) is 0 Å². The third kappa shape index (κ3) is 4.71. The Labute approximate surface area is 205 Å². The van der Waals surface area contributed by atoms with Crippen LogP contribution in [0.5, 0.6) is 5.75 Å². The first-order chi connectivity index (χ1) is 16.6. The highest BCUT2D eigenvalue weighted by molar-refractivity contribution is 7.22. The number of para-hydroxylation sites is 1. The van der Waals surface area contributed by atoms with E-state index in [9.17, 15) is 4.79 Å². The number of anilines is 1. The van der Waals surface area contributed by atoms with Crippen LogP contribution in [0.4, 0.5) is 5.13 Å². The topological polar surface area (TPSA) is 69.0 Å². The van der Waals surface area contributed by atoms with Gasteiger partial charge in [-0.15, -0.1) is 0 Å². The molecule has 6 nitrogen and oxygen atoms in total. The van der Waals surface area contributed by atoms with Crippen molar-refractivity contribution in [3.8, 4) is 22.7 Å². The third-order valence-electron chi connectivity index (χ3n) is 5.12. The molecule has 2 heterocycles. The zero-order valence-electron chi connectivity index (χ0n) is 18.1.